The van der Waals surface area contributed by atoms with Crippen LogP contribution in [0.3, 0.4) is 0 Å². The summed E-state index contributed by atoms with van der Waals surface area (Å²) in [5, 5.41) is 9.13. The van der Waals surface area contributed by atoms with Crippen molar-refractivity contribution in [1.82, 2.24) is 0 Å². The van der Waals surface area contributed by atoms with Gasteiger partial charge in [-0.05, 0) is 30.6 Å². The van der Waals surface area contributed by atoms with Crippen molar-refractivity contribution in [3.8, 4) is 11.5 Å². The average molecular weight is 198 g/mol. The molecule has 0 fully saturated rings. The Morgan fingerprint density at radius 1 is 1.46 bits per heavy atom. The number of ether oxygens (including phenoxy) is 1. The highest BCUT2D eigenvalue weighted by atomic mass is 32.2. The zero-order valence-electron chi connectivity index (χ0n) is 7.69. The molecule has 0 heterocycles. The molecule has 0 aromatic heterocycles. The number of hydrogen-bond donors (Lipinski definition) is 1. The first-order chi connectivity index (χ1) is 6.33. The molecular weight excluding hydrogens is 184 g/mol. The van der Waals surface area contributed by atoms with Crippen LogP contribution in [0.5, 0.6) is 11.5 Å². The summed E-state index contributed by atoms with van der Waals surface area (Å²) in [6.07, 6.45) is 3.12. The zero-order valence-corrected chi connectivity index (χ0v) is 8.51. The maximum Gasteiger partial charge on any atom is 0.122 e. The maximum absolute atomic E-state index is 9.13. The van der Waals surface area contributed by atoms with Gasteiger partial charge in [0.2, 0.25) is 0 Å². The van der Waals surface area contributed by atoms with Crippen LogP contribution in [0.1, 0.15) is 6.42 Å². The predicted octanol–water partition coefficient (Wildman–Crippen LogP) is 2.52. The first kappa shape index (κ1) is 10.3. The van der Waals surface area contributed by atoms with Gasteiger partial charge in [0.25, 0.3) is 0 Å². The molecule has 3 heteroatoms. The largest absolute Gasteiger partial charge is 0.508 e. The van der Waals surface area contributed by atoms with Crippen molar-refractivity contribution >= 4 is 11.8 Å². The predicted molar refractivity (Wildman–Crippen MR) is 56.6 cm³/mol. The van der Waals surface area contributed by atoms with Crippen LogP contribution in [0.25, 0.3) is 0 Å². The van der Waals surface area contributed by atoms with Crippen LogP contribution in [0.15, 0.2) is 24.3 Å². The van der Waals surface area contributed by atoms with E-state index in [4.69, 9.17) is 9.84 Å². The van der Waals surface area contributed by atoms with Crippen LogP contribution >= 0.6 is 11.8 Å². The van der Waals surface area contributed by atoms with Gasteiger partial charge in [-0.1, -0.05) is 6.07 Å². The molecule has 1 rings (SSSR count). The Balaban J connectivity index is 2.28. The molecule has 1 N–H and O–H groups in total. The second-order valence-corrected chi connectivity index (χ2v) is 3.68. The van der Waals surface area contributed by atoms with E-state index in [0.717, 1.165) is 17.9 Å². The number of thioether (sulfide) groups is 1. The highest BCUT2D eigenvalue weighted by Gasteiger charge is 1.94. The molecule has 0 aliphatic carbocycles. The standard InChI is InChI=1S/C10H14O2S/c1-13-7-3-6-12-10-5-2-4-9(11)8-10/h2,4-5,8,11H,3,6-7H2,1H3. The number of phenolic OH excluding ortho intramolecular Hbond substituents is 1. The molecule has 0 spiro atoms. The van der Waals surface area contributed by atoms with Crippen LogP contribution in [-0.4, -0.2) is 23.7 Å². The molecule has 0 atom stereocenters. The van der Waals surface area contributed by atoms with Crippen LogP contribution in [0.4, 0.5) is 0 Å². The molecule has 0 saturated heterocycles. The highest BCUT2D eigenvalue weighted by Crippen LogP contribution is 2.17. The molecule has 0 saturated carbocycles. The van der Waals surface area contributed by atoms with Gasteiger partial charge in [0, 0.05) is 6.07 Å². The molecule has 2 nitrogen and oxygen atoms in total. The monoisotopic (exact) mass is 198 g/mol. The molecule has 0 unspecified atom stereocenters. The summed E-state index contributed by atoms with van der Waals surface area (Å²) in [6, 6.07) is 6.88. The van der Waals surface area contributed by atoms with E-state index in [1.807, 2.05) is 17.8 Å². The Kier molecular flexibility index (Phi) is 4.54. The van der Waals surface area contributed by atoms with Crippen molar-refractivity contribution in [1.29, 1.82) is 0 Å². The summed E-state index contributed by atoms with van der Waals surface area (Å²) in [6.45, 7) is 0.713. The SMILES string of the molecule is CSCCCOc1cccc(O)c1. The molecule has 0 aliphatic rings. The second-order valence-electron chi connectivity index (χ2n) is 2.69. The van der Waals surface area contributed by atoms with Crippen molar-refractivity contribution in [3.63, 3.8) is 0 Å². The van der Waals surface area contributed by atoms with Gasteiger partial charge in [0.05, 0.1) is 6.61 Å². The van der Waals surface area contributed by atoms with Crippen molar-refractivity contribution < 1.29 is 9.84 Å². The maximum atomic E-state index is 9.13. The molecule has 72 valence electrons. The lowest BCUT2D eigenvalue weighted by molar-refractivity contribution is 0.317. The van der Waals surface area contributed by atoms with Crippen LogP contribution in [-0.2, 0) is 0 Å². The van der Waals surface area contributed by atoms with Crippen molar-refractivity contribution in [2.24, 2.45) is 0 Å². The third kappa shape index (κ3) is 4.08. The smallest absolute Gasteiger partial charge is 0.122 e. The van der Waals surface area contributed by atoms with E-state index in [1.54, 1.807) is 18.2 Å². The fourth-order valence-corrected chi connectivity index (χ4v) is 1.37. The number of benzene rings is 1. The first-order valence-electron chi connectivity index (χ1n) is 4.23. The number of hydrogen-bond acceptors (Lipinski definition) is 3. The van der Waals surface area contributed by atoms with Gasteiger partial charge < -0.3 is 9.84 Å². The van der Waals surface area contributed by atoms with Crippen molar-refractivity contribution in [2.45, 2.75) is 6.42 Å². The van der Waals surface area contributed by atoms with Gasteiger partial charge in [-0.15, -0.1) is 0 Å². The van der Waals surface area contributed by atoms with Crippen molar-refractivity contribution in [3.05, 3.63) is 24.3 Å². The van der Waals surface area contributed by atoms with Gasteiger partial charge in [0.1, 0.15) is 11.5 Å². The van der Waals surface area contributed by atoms with Gasteiger partial charge in [-0.2, -0.15) is 11.8 Å². The molecule has 1 aromatic rings. The van der Waals surface area contributed by atoms with Crippen LogP contribution in [0.2, 0.25) is 0 Å². The van der Waals surface area contributed by atoms with Gasteiger partial charge in [0.15, 0.2) is 0 Å². The summed E-state index contributed by atoms with van der Waals surface area (Å²) in [5.74, 6) is 2.10. The Labute approximate surface area is 82.9 Å². The molecular formula is C10H14O2S. The summed E-state index contributed by atoms with van der Waals surface area (Å²) in [4.78, 5) is 0. The summed E-state index contributed by atoms with van der Waals surface area (Å²) in [5.41, 5.74) is 0. The molecule has 0 radical (unpaired) electrons. The lowest BCUT2D eigenvalue weighted by Gasteiger charge is -2.05. The van der Waals surface area contributed by atoms with Crippen molar-refractivity contribution in [2.75, 3.05) is 18.6 Å². The average Bonchev–Trinajstić information content (AvgIpc) is 2.13. The fourth-order valence-electron chi connectivity index (χ4n) is 0.967. The molecule has 0 amide bonds. The summed E-state index contributed by atoms with van der Waals surface area (Å²) in [7, 11) is 0. The minimum atomic E-state index is 0.252. The topological polar surface area (TPSA) is 29.5 Å². The van der Waals surface area contributed by atoms with E-state index in [2.05, 4.69) is 6.26 Å². The second kappa shape index (κ2) is 5.75. The van der Waals surface area contributed by atoms with E-state index in [9.17, 15) is 0 Å². The summed E-state index contributed by atoms with van der Waals surface area (Å²) >= 11 is 1.81. The molecule has 0 bridgehead atoms. The minimum Gasteiger partial charge on any atom is -0.508 e. The van der Waals surface area contributed by atoms with E-state index in [0.29, 0.717) is 6.61 Å². The van der Waals surface area contributed by atoms with Crippen LogP contribution < -0.4 is 4.74 Å². The molecule has 0 aliphatic heterocycles. The normalized spacial score (nSPS) is 9.92. The zero-order chi connectivity index (χ0) is 9.52. The fraction of sp³-hybridized carbons (Fsp3) is 0.400. The quantitative estimate of drug-likeness (QED) is 0.737. The van der Waals surface area contributed by atoms with Gasteiger partial charge in [-0.3, -0.25) is 0 Å². The van der Waals surface area contributed by atoms with Crippen LogP contribution in [0, 0.1) is 0 Å². The van der Waals surface area contributed by atoms with E-state index >= 15 is 0 Å². The third-order valence-electron chi connectivity index (χ3n) is 1.58. The molecule has 13 heavy (non-hydrogen) atoms. The highest BCUT2D eigenvalue weighted by molar-refractivity contribution is 7.98. The van der Waals surface area contributed by atoms with Gasteiger partial charge in [-0.25, -0.2) is 0 Å². The molecule has 1 aromatic carbocycles. The Morgan fingerprint density at radius 2 is 2.31 bits per heavy atom. The first-order valence-corrected chi connectivity index (χ1v) is 5.63. The Bertz CT molecular complexity index is 250. The van der Waals surface area contributed by atoms with E-state index < -0.39 is 0 Å². The Hall–Kier alpha value is -0.830. The van der Waals surface area contributed by atoms with E-state index in [-0.39, 0.29) is 5.75 Å². The lowest BCUT2D eigenvalue weighted by Crippen LogP contribution is -1.97. The number of rotatable bonds is 5. The lowest BCUT2D eigenvalue weighted by atomic mass is 10.3. The minimum absolute atomic E-state index is 0.252. The van der Waals surface area contributed by atoms with E-state index in [1.165, 1.54) is 0 Å². The van der Waals surface area contributed by atoms with Gasteiger partial charge >= 0.3 is 0 Å². The third-order valence-corrected chi connectivity index (χ3v) is 2.28. The number of aromatic hydroxyl groups is 1. The number of phenols is 1. The summed E-state index contributed by atoms with van der Waals surface area (Å²) < 4.78 is 5.42. The Morgan fingerprint density at radius 3 is 3.00 bits per heavy atom.